The number of aryl methyl sites for hydroxylation is 1. The second-order valence-corrected chi connectivity index (χ2v) is 18.8. The molecule has 7 heterocycles. The zero-order valence-electron chi connectivity index (χ0n) is 41.6. The Morgan fingerprint density at radius 3 is 1.91 bits per heavy atom. The van der Waals surface area contributed by atoms with Crippen LogP contribution in [0.2, 0.25) is 5.02 Å². The summed E-state index contributed by atoms with van der Waals surface area (Å²) in [4.78, 5) is 90.6. The molecule has 3 amide bonds. The zero-order chi connectivity index (χ0) is 56.7. The number of aromatic nitrogens is 6. The van der Waals surface area contributed by atoms with E-state index in [2.05, 4.69) is 25.6 Å². The van der Waals surface area contributed by atoms with Crippen molar-refractivity contribution in [2.45, 2.75) is 73.0 Å². The van der Waals surface area contributed by atoms with Crippen LogP contribution < -0.4 is 21.8 Å². The van der Waals surface area contributed by atoms with E-state index in [1.807, 2.05) is 0 Å². The van der Waals surface area contributed by atoms with Crippen LogP contribution in [0.1, 0.15) is 91.3 Å². The number of anilines is 1. The molecule has 10 rings (SSSR count). The van der Waals surface area contributed by atoms with Gasteiger partial charge in [-0.15, -0.1) is 0 Å². The van der Waals surface area contributed by atoms with Gasteiger partial charge in [-0.1, -0.05) is 62.9 Å². The monoisotopic (exact) mass is 1140 g/mol. The summed E-state index contributed by atoms with van der Waals surface area (Å²) in [6.45, 7) is -1.07. The summed E-state index contributed by atoms with van der Waals surface area (Å²) >= 11 is 6.61. The van der Waals surface area contributed by atoms with Crippen molar-refractivity contribution in [3.05, 3.63) is 185 Å². The van der Waals surface area contributed by atoms with E-state index in [0.717, 1.165) is 10.4 Å². The summed E-state index contributed by atoms with van der Waals surface area (Å²) < 4.78 is 95.3. The van der Waals surface area contributed by atoms with Crippen molar-refractivity contribution in [2.24, 2.45) is 0 Å². The van der Waals surface area contributed by atoms with Gasteiger partial charge in [0.05, 0.1) is 65.7 Å². The predicted molar refractivity (Wildman–Crippen MR) is 288 cm³/mol. The number of alkyl halides is 4. The molecule has 424 valence electrons. The Kier molecular flexibility index (Phi) is 17.5. The standard InChI is InChI=1S/C29H21ClF3N3O6.C25H23F3N6O3.2CH4/c1-2-42-28(41)20-24(37)22-23(21(30)16(12-34-22)11-15-7-9-17(31)10-8-15)35(27(20)40)13-29(32,33)14-36-25(38)18-5-3-4-6-19(18)26(36)39;1-14-29-6-8-33(14)9-7-30-23(36)18-22(35)20-21-19(32-12-25(27,28)13-34(21)24(18)37)16(11-31-20)10-15-2-4-17(26)5-3-15;;/h3-10,12,37H,2,11,13-14H2,1H3;2-6,8,11,32,35H,7,9-10,12-13H2,1H3,(H,30,36);2*1H4. The van der Waals surface area contributed by atoms with Crippen molar-refractivity contribution in [1.82, 2.24) is 38.9 Å². The molecular formula is C56H52ClF6N9O9. The van der Waals surface area contributed by atoms with Crippen LogP contribution in [0.3, 0.4) is 0 Å². The highest BCUT2D eigenvalue weighted by atomic mass is 35.5. The molecule has 0 spiro atoms. The first-order chi connectivity index (χ1) is 37.6. The molecule has 0 unspecified atom stereocenters. The molecule has 4 N–H and O–H groups in total. The molecule has 0 radical (unpaired) electrons. The lowest BCUT2D eigenvalue weighted by atomic mass is 10.0. The first-order valence-electron chi connectivity index (χ1n) is 24.1. The predicted octanol–water partition coefficient (Wildman–Crippen LogP) is 8.69. The summed E-state index contributed by atoms with van der Waals surface area (Å²) in [6, 6.07) is 16.7. The van der Waals surface area contributed by atoms with E-state index in [4.69, 9.17) is 16.3 Å². The van der Waals surface area contributed by atoms with E-state index in [-0.39, 0.29) is 79.3 Å². The summed E-state index contributed by atoms with van der Waals surface area (Å²) in [6.07, 6.45) is 6.21. The number of carbonyl (C=O) groups is 4. The van der Waals surface area contributed by atoms with E-state index < -0.39 is 118 Å². The molecule has 5 aromatic heterocycles. The van der Waals surface area contributed by atoms with E-state index in [1.165, 1.54) is 80.0 Å². The maximum absolute atomic E-state index is 15.7. The molecule has 0 bridgehead atoms. The van der Waals surface area contributed by atoms with Crippen molar-refractivity contribution in [1.29, 1.82) is 0 Å². The number of benzene rings is 3. The van der Waals surface area contributed by atoms with Gasteiger partial charge in [0, 0.05) is 56.3 Å². The molecule has 81 heavy (non-hydrogen) atoms. The Balaban J connectivity index is 0.000000230. The number of carbonyl (C=O) groups excluding carboxylic acids is 4. The average molecular weight is 1140 g/mol. The number of hydrogen-bond donors (Lipinski definition) is 4. The maximum Gasteiger partial charge on any atom is 0.347 e. The van der Waals surface area contributed by atoms with E-state index >= 15 is 8.78 Å². The van der Waals surface area contributed by atoms with Gasteiger partial charge < -0.3 is 30.2 Å². The first-order valence-corrected chi connectivity index (χ1v) is 24.5. The first kappa shape index (κ1) is 59.6. The van der Waals surface area contributed by atoms with Crippen LogP contribution in [0.4, 0.5) is 32.0 Å². The van der Waals surface area contributed by atoms with Gasteiger partial charge in [-0.05, 0) is 66.9 Å². The van der Waals surface area contributed by atoms with Crippen LogP contribution in [-0.4, -0.2) is 106 Å². The number of amides is 3. The van der Waals surface area contributed by atoms with Gasteiger partial charge in [0.2, 0.25) is 0 Å². The number of aromatic hydroxyl groups is 2. The molecule has 3 aromatic carbocycles. The van der Waals surface area contributed by atoms with Crippen LogP contribution in [-0.2, 0) is 37.2 Å². The van der Waals surface area contributed by atoms with Gasteiger partial charge in [-0.3, -0.25) is 48.0 Å². The topological polar surface area (TPSA) is 233 Å². The quantitative estimate of drug-likeness (QED) is 0.0454. The van der Waals surface area contributed by atoms with Crippen molar-refractivity contribution < 1.29 is 60.5 Å². The Hall–Kier alpha value is -9.06. The van der Waals surface area contributed by atoms with Crippen molar-refractivity contribution in [3.63, 3.8) is 0 Å². The third-order valence-electron chi connectivity index (χ3n) is 13.0. The SMILES string of the molecule is C.C.CCOC(=O)c1c(O)c2ncc(Cc3ccc(F)cc3)c(Cl)c2n(CC(F)(F)CN2C(=O)c3ccccc3C2=O)c1=O.Cc1nccn1CCNC(=O)c1c(O)c2ncc(Cc3ccc(F)cc3)c3c2n(c1=O)CC(F)(F)CN3. The fourth-order valence-electron chi connectivity index (χ4n) is 9.23. The van der Waals surface area contributed by atoms with Gasteiger partial charge in [0.15, 0.2) is 17.1 Å². The number of esters is 1. The zero-order valence-corrected chi connectivity index (χ0v) is 42.4. The third-order valence-corrected chi connectivity index (χ3v) is 13.5. The van der Waals surface area contributed by atoms with Gasteiger partial charge in [-0.2, -0.15) is 0 Å². The number of hydrogen-bond acceptors (Lipinski definition) is 13. The number of rotatable bonds is 14. The molecule has 25 heteroatoms. The van der Waals surface area contributed by atoms with Crippen LogP contribution >= 0.6 is 11.6 Å². The lowest BCUT2D eigenvalue weighted by Gasteiger charge is -2.24. The summed E-state index contributed by atoms with van der Waals surface area (Å²) in [5.41, 5.74) is -2.88. The van der Waals surface area contributed by atoms with Crippen LogP contribution in [0.15, 0.2) is 107 Å². The molecule has 0 saturated heterocycles. The smallest absolute Gasteiger partial charge is 0.347 e. The Labute approximate surface area is 462 Å². The van der Waals surface area contributed by atoms with Crippen molar-refractivity contribution in [2.75, 3.05) is 31.6 Å². The largest absolute Gasteiger partial charge is 0.505 e. The fourth-order valence-corrected chi connectivity index (χ4v) is 9.54. The Morgan fingerprint density at radius 1 is 0.790 bits per heavy atom. The molecule has 18 nitrogen and oxygen atoms in total. The highest BCUT2D eigenvalue weighted by Crippen LogP contribution is 2.38. The van der Waals surface area contributed by atoms with E-state index in [0.29, 0.717) is 32.7 Å². The highest BCUT2D eigenvalue weighted by Gasteiger charge is 2.44. The van der Waals surface area contributed by atoms with Gasteiger partial charge in [0.1, 0.15) is 34.1 Å². The minimum absolute atomic E-state index is 0. The molecule has 8 aromatic rings. The average Bonchev–Trinajstić information content (AvgIpc) is 3.03. The lowest BCUT2D eigenvalue weighted by molar-refractivity contribution is -0.0359. The number of nitrogens with zero attached hydrogens (tertiary/aromatic N) is 7. The normalized spacial score (nSPS) is 13.3. The Bertz CT molecular complexity index is 3860. The number of imide groups is 1. The number of imidazole rings is 1. The number of halogens is 7. The summed E-state index contributed by atoms with van der Waals surface area (Å²) in [7, 11) is 0. The number of nitrogens with one attached hydrogen (secondary N) is 2. The molecular weight excluding hydrogens is 1090 g/mol. The third kappa shape index (κ3) is 12.0. The van der Waals surface area contributed by atoms with Gasteiger partial charge >= 0.3 is 5.97 Å². The number of fused-ring (bicyclic) bond motifs is 2. The molecule has 0 saturated carbocycles. The lowest BCUT2D eigenvalue weighted by Crippen LogP contribution is -2.44. The van der Waals surface area contributed by atoms with Gasteiger partial charge in [0.25, 0.3) is 40.7 Å². The molecule has 0 atom stereocenters. The molecule has 2 aliphatic rings. The van der Waals surface area contributed by atoms with Gasteiger partial charge in [-0.25, -0.2) is 36.1 Å². The molecule has 0 aliphatic carbocycles. The molecule has 2 aliphatic heterocycles. The second kappa shape index (κ2) is 23.7. The Morgan fingerprint density at radius 2 is 1.35 bits per heavy atom. The fraction of sp³-hybridized carbons (Fsp3) is 0.268. The van der Waals surface area contributed by atoms with Crippen molar-refractivity contribution >= 4 is 63.0 Å². The highest BCUT2D eigenvalue weighted by molar-refractivity contribution is 6.36. The number of ether oxygens (including phenoxy) is 1. The minimum Gasteiger partial charge on any atom is -0.505 e. The maximum atomic E-state index is 15.7. The van der Waals surface area contributed by atoms with E-state index in [1.54, 1.807) is 36.0 Å². The second-order valence-electron chi connectivity index (χ2n) is 18.4. The summed E-state index contributed by atoms with van der Waals surface area (Å²) in [5, 5.41) is 26.8. The molecule has 0 fully saturated rings. The summed E-state index contributed by atoms with van der Waals surface area (Å²) in [5.74, 6) is -13.0. The van der Waals surface area contributed by atoms with Crippen LogP contribution in [0, 0.1) is 18.6 Å². The number of pyridine rings is 4. The van der Waals surface area contributed by atoms with Crippen molar-refractivity contribution in [3.8, 4) is 11.5 Å². The van der Waals surface area contributed by atoms with E-state index in [9.17, 15) is 56.5 Å². The minimum atomic E-state index is -3.91. The van der Waals surface area contributed by atoms with Crippen LogP contribution in [0.5, 0.6) is 11.5 Å². The van der Waals surface area contributed by atoms with Crippen LogP contribution in [0.25, 0.3) is 22.1 Å².